The summed E-state index contributed by atoms with van der Waals surface area (Å²) < 4.78 is 41.4. The van der Waals surface area contributed by atoms with Gasteiger partial charge < -0.3 is 14.2 Å². The summed E-state index contributed by atoms with van der Waals surface area (Å²) in [5.41, 5.74) is 1.56. The predicted molar refractivity (Wildman–Crippen MR) is 100 cm³/mol. The van der Waals surface area contributed by atoms with Crippen molar-refractivity contribution in [1.82, 2.24) is 4.72 Å². The number of rotatable bonds is 9. The first-order chi connectivity index (χ1) is 12.9. The molecular weight excluding hydrogens is 370 g/mol. The zero-order valence-corrected chi connectivity index (χ0v) is 16.3. The van der Waals surface area contributed by atoms with Crippen molar-refractivity contribution in [3.63, 3.8) is 0 Å². The number of aryl methyl sites for hydroxylation is 1. The molecule has 146 valence electrons. The molecule has 27 heavy (non-hydrogen) atoms. The van der Waals surface area contributed by atoms with Crippen LogP contribution in [0.15, 0.2) is 47.4 Å². The first-order valence-electron chi connectivity index (χ1n) is 8.28. The van der Waals surface area contributed by atoms with Crippen LogP contribution in [0, 0.1) is 0 Å². The van der Waals surface area contributed by atoms with Gasteiger partial charge >= 0.3 is 5.97 Å². The molecule has 0 bridgehead atoms. The molecule has 2 rings (SSSR count). The highest BCUT2D eigenvalue weighted by atomic mass is 32.2. The third-order valence-electron chi connectivity index (χ3n) is 4.00. The van der Waals surface area contributed by atoms with Crippen LogP contribution in [0.4, 0.5) is 0 Å². The monoisotopic (exact) mass is 393 g/mol. The van der Waals surface area contributed by atoms with Gasteiger partial charge in [-0.2, -0.15) is 0 Å². The van der Waals surface area contributed by atoms with E-state index in [-0.39, 0.29) is 23.9 Å². The maximum Gasteiger partial charge on any atom is 0.306 e. The van der Waals surface area contributed by atoms with Gasteiger partial charge in [0.15, 0.2) is 0 Å². The Morgan fingerprint density at radius 3 is 2.33 bits per heavy atom. The lowest BCUT2D eigenvalue weighted by Gasteiger charge is -2.11. The Bertz CT molecular complexity index is 878. The van der Waals surface area contributed by atoms with Crippen molar-refractivity contribution in [2.75, 3.05) is 21.3 Å². The van der Waals surface area contributed by atoms with Crippen molar-refractivity contribution in [3.8, 4) is 11.5 Å². The highest BCUT2D eigenvalue weighted by molar-refractivity contribution is 7.89. The molecule has 0 spiro atoms. The summed E-state index contributed by atoms with van der Waals surface area (Å²) in [6, 6.07) is 11.7. The highest BCUT2D eigenvalue weighted by Gasteiger charge is 2.12. The minimum atomic E-state index is -3.46. The van der Waals surface area contributed by atoms with Gasteiger partial charge in [-0.25, -0.2) is 13.1 Å². The Kier molecular flexibility index (Phi) is 7.20. The van der Waals surface area contributed by atoms with Crippen molar-refractivity contribution >= 4 is 16.0 Å². The number of carbonyl (C=O) groups is 1. The van der Waals surface area contributed by atoms with Gasteiger partial charge in [0.05, 0.1) is 19.1 Å². The van der Waals surface area contributed by atoms with E-state index in [1.54, 1.807) is 44.6 Å². The van der Waals surface area contributed by atoms with E-state index in [1.807, 2.05) is 0 Å². The maximum atomic E-state index is 12.0. The summed E-state index contributed by atoms with van der Waals surface area (Å²) in [5.74, 6) is 0.912. The predicted octanol–water partition coefficient (Wildman–Crippen LogP) is 2.29. The van der Waals surface area contributed by atoms with Crippen LogP contribution in [0.3, 0.4) is 0 Å². The molecule has 0 aliphatic rings. The number of esters is 1. The van der Waals surface area contributed by atoms with Gasteiger partial charge in [0.1, 0.15) is 18.1 Å². The largest absolute Gasteiger partial charge is 0.497 e. The van der Waals surface area contributed by atoms with Gasteiger partial charge in [-0.3, -0.25) is 4.79 Å². The van der Waals surface area contributed by atoms with Crippen LogP contribution < -0.4 is 14.2 Å². The Hall–Kier alpha value is -2.58. The van der Waals surface area contributed by atoms with Gasteiger partial charge in [0.2, 0.25) is 10.0 Å². The molecule has 0 amide bonds. The second-order valence-corrected chi connectivity index (χ2v) is 7.58. The van der Waals surface area contributed by atoms with E-state index >= 15 is 0 Å². The van der Waals surface area contributed by atoms with Crippen molar-refractivity contribution in [2.24, 2.45) is 0 Å². The molecule has 8 heteroatoms. The first-order valence-corrected chi connectivity index (χ1v) is 9.77. The fourth-order valence-corrected chi connectivity index (χ4v) is 3.15. The van der Waals surface area contributed by atoms with E-state index in [0.717, 1.165) is 5.56 Å². The fraction of sp³-hybridized carbons (Fsp3) is 0.316. The van der Waals surface area contributed by atoms with Crippen LogP contribution in [0.5, 0.6) is 11.5 Å². The smallest absolute Gasteiger partial charge is 0.306 e. The lowest BCUT2D eigenvalue weighted by molar-refractivity contribution is -0.144. The number of nitrogens with one attached hydrogen (secondary N) is 1. The number of benzene rings is 2. The van der Waals surface area contributed by atoms with Crippen molar-refractivity contribution in [2.45, 2.75) is 24.3 Å². The molecule has 1 N–H and O–H groups in total. The van der Waals surface area contributed by atoms with Crippen LogP contribution in [0.25, 0.3) is 0 Å². The number of hydrogen-bond acceptors (Lipinski definition) is 6. The zero-order valence-electron chi connectivity index (χ0n) is 15.5. The fourth-order valence-electron chi connectivity index (χ4n) is 2.42. The van der Waals surface area contributed by atoms with Crippen LogP contribution in [0.2, 0.25) is 0 Å². The Labute approximate surface area is 159 Å². The lowest BCUT2D eigenvalue weighted by atomic mass is 10.1. The molecule has 2 aromatic rings. The van der Waals surface area contributed by atoms with Gasteiger partial charge in [-0.05, 0) is 49.4 Å². The van der Waals surface area contributed by atoms with E-state index in [9.17, 15) is 13.2 Å². The average Bonchev–Trinajstić information content (AvgIpc) is 2.70. The third-order valence-corrected chi connectivity index (χ3v) is 5.43. The summed E-state index contributed by atoms with van der Waals surface area (Å²) in [6.07, 6.45) is 0.637. The highest BCUT2D eigenvalue weighted by Crippen LogP contribution is 2.24. The van der Waals surface area contributed by atoms with Gasteiger partial charge in [0.25, 0.3) is 0 Å². The minimum absolute atomic E-state index is 0.0819. The maximum absolute atomic E-state index is 12.0. The van der Waals surface area contributed by atoms with Crippen LogP contribution in [-0.2, 0) is 32.6 Å². The van der Waals surface area contributed by atoms with Gasteiger partial charge in [0, 0.05) is 12.0 Å². The summed E-state index contributed by atoms with van der Waals surface area (Å²) in [5, 5.41) is 0. The van der Waals surface area contributed by atoms with Crippen LogP contribution in [-0.4, -0.2) is 35.7 Å². The molecule has 0 radical (unpaired) electrons. The van der Waals surface area contributed by atoms with E-state index in [0.29, 0.717) is 23.5 Å². The van der Waals surface area contributed by atoms with Gasteiger partial charge in [-0.15, -0.1) is 0 Å². The van der Waals surface area contributed by atoms with E-state index in [2.05, 4.69) is 4.72 Å². The topological polar surface area (TPSA) is 90.9 Å². The third kappa shape index (κ3) is 5.70. The summed E-state index contributed by atoms with van der Waals surface area (Å²) in [7, 11) is 1.00. The number of ether oxygens (including phenoxy) is 3. The molecule has 0 saturated carbocycles. The zero-order chi connectivity index (χ0) is 19.9. The van der Waals surface area contributed by atoms with E-state index in [4.69, 9.17) is 14.2 Å². The van der Waals surface area contributed by atoms with Crippen LogP contribution >= 0.6 is 0 Å². The van der Waals surface area contributed by atoms with Crippen LogP contribution in [0.1, 0.15) is 17.5 Å². The molecule has 0 unspecified atom stereocenters. The molecule has 0 aliphatic heterocycles. The van der Waals surface area contributed by atoms with E-state index < -0.39 is 10.0 Å². The normalized spacial score (nSPS) is 11.1. The molecular formula is C19H23NO6S. The second kappa shape index (κ2) is 9.38. The standard InChI is InChI=1S/C19H23NO6S/c1-20-27(22,23)17-8-4-14(5-9-17)6-11-19(21)26-13-15-12-16(24-2)7-10-18(15)25-3/h4-5,7-10,12,20H,6,11,13H2,1-3H3. The number of methoxy groups -OCH3 is 2. The molecule has 0 aliphatic carbocycles. The molecule has 0 aromatic heterocycles. The summed E-state index contributed by atoms with van der Waals surface area (Å²) in [6.45, 7) is 0.0819. The molecule has 0 fully saturated rings. The minimum Gasteiger partial charge on any atom is -0.497 e. The second-order valence-electron chi connectivity index (χ2n) is 5.69. The summed E-state index contributed by atoms with van der Waals surface area (Å²) in [4.78, 5) is 12.2. The number of sulfonamides is 1. The first kappa shape index (κ1) is 20.7. The number of hydrogen-bond donors (Lipinski definition) is 1. The molecule has 0 atom stereocenters. The van der Waals surface area contributed by atoms with Crippen molar-refractivity contribution in [3.05, 3.63) is 53.6 Å². The summed E-state index contributed by atoms with van der Waals surface area (Å²) >= 11 is 0. The van der Waals surface area contributed by atoms with Gasteiger partial charge in [-0.1, -0.05) is 12.1 Å². The molecule has 2 aromatic carbocycles. The molecule has 7 nitrogen and oxygen atoms in total. The SMILES string of the molecule is CNS(=O)(=O)c1ccc(CCC(=O)OCc2cc(OC)ccc2OC)cc1. The Balaban J connectivity index is 1.90. The van der Waals surface area contributed by atoms with Crippen molar-refractivity contribution in [1.29, 1.82) is 0 Å². The molecule has 0 saturated heterocycles. The quantitative estimate of drug-likeness (QED) is 0.658. The Morgan fingerprint density at radius 1 is 1.04 bits per heavy atom. The van der Waals surface area contributed by atoms with Crippen molar-refractivity contribution < 1.29 is 27.4 Å². The molecule has 0 heterocycles. The number of carbonyl (C=O) groups excluding carboxylic acids is 1. The lowest BCUT2D eigenvalue weighted by Crippen LogP contribution is -2.18. The average molecular weight is 393 g/mol. The Morgan fingerprint density at radius 2 is 1.74 bits per heavy atom. The van der Waals surface area contributed by atoms with E-state index in [1.165, 1.54) is 19.2 Å².